The average molecular weight is 261 g/mol. The van der Waals surface area contributed by atoms with Crippen molar-refractivity contribution >= 4 is 16.8 Å². The molecule has 0 aromatic heterocycles. The smallest absolute Gasteiger partial charge is 0.188 e. The van der Waals surface area contributed by atoms with E-state index in [4.69, 9.17) is 5.73 Å². The second-order valence-corrected chi connectivity index (χ2v) is 7.86. The summed E-state index contributed by atoms with van der Waals surface area (Å²) in [6.07, 6.45) is 1.04. The van der Waals surface area contributed by atoms with Crippen LogP contribution < -0.4 is 11.1 Å². The molecule has 0 radical (unpaired) electrons. The van der Waals surface area contributed by atoms with Crippen molar-refractivity contribution in [2.24, 2.45) is 16.6 Å². The molecule has 17 heavy (non-hydrogen) atoms. The molecule has 0 aliphatic rings. The standard InChI is InChI=1S/C12H27N3OS/c1-10(2)6-7-14-11(13)15-8-9-17(16)12(3,4)5/h10H,6-9H2,1-5H3,(H3,13,14,15). The number of aliphatic imine (C=N–C) groups is 1. The molecule has 0 aromatic rings. The Morgan fingerprint density at radius 2 is 2.00 bits per heavy atom. The molecular weight excluding hydrogens is 234 g/mol. The Morgan fingerprint density at radius 1 is 1.41 bits per heavy atom. The summed E-state index contributed by atoms with van der Waals surface area (Å²) in [4.78, 5) is 4.21. The van der Waals surface area contributed by atoms with Crippen molar-refractivity contribution in [3.05, 3.63) is 0 Å². The Morgan fingerprint density at radius 3 is 2.47 bits per heavy atom. The predicted octanol–water partition coefficient (Wildman–Crippen LogP) is 1.48. The first-order chi connectivity index (χ1) is 7.73. The van der Waals surface area contributed by atoms with E-state index in [1.165, 1.54) is 0 Å². The van der Waals surface area contributed by atoms with Crippen LogP contribution in [-0.2, 0) is 10.8 Å². The van der Waals surface area contributed by atoms with Crippen LogP contribution in [0.25, 0.3) is 0 Å². The van der Waals surface area contributed by atoms with Crippen LogP contribution >= 0.6 is 0 Å². The van der Waals surface area contributed by atoms with Gasteiger partial charge in [-0.05, 0) is 33.1 Å². The number of hydrogen-bond acceptors (Lipinski definition) is 2. The quantitative estimate of drug-likeness (QED) is 0.562. The zero-order chi connectivity index (χ0) is 13.5. The highest BCUT2D eigenvalue weighted by Gasteiger charge is 2.18. The normalized spacial score (nSPS) is 15.1. The van der Waals surface area contributed by atoms with Crippen LogP contribution in [-0.4, -0.2) is 33.8 Å². The van der Waals surface area contributed by atoms with Gasteiger partial charge in [0.15, 0.2) is 5.96 Å². The van der Waals surface area contributed by atoms with Crippen molar-refractivity contribution in [2.75, 3.05) is 18.8 Å². The fourth-order valence-electron chi connectivity index (χ4n) is 1.08. The Kier molecular flexibility index (Phi) is 7.43. The largest absolute Gasteiger partial charge is 0.370 e. The summed E-state index contributed by atoms with van der Waals surface area (Å²) in [5.41, 5.74) is 5.70. The molecule has 3 N–H and O–H groups in total. The van der Waals surface area contributed by atoms with Gasteiger partial charge in [-0.3, -0.25) is 9.20 Å². The van der Waals surface area contributed by atoms with E-state index < -0.39 is 10.8 Å². The van der Waals surface area contributed by atoms with E-state index in [1.807, 2.05) is 20.8 Å². The molecule has 0 heterocycles. The molecule has 0 aliphatic carbocycles. The molecule has 0 saturated heterocycles. The second-order valence-electron chi connectivity index (χ2n) is 5.54. The molecule has 0 fully saturated rings. The molecule has 0 saturated carbocycles. The first-order valence-corrected chi connectivity index (χ1v) is 7.47. The summed E-state index contributed by atoms with van der Waals surface area (Å²) in [7, 11) is -0.840. The first-order valence-electron chi connectivity index (χ1n) is 6.15. The molecule has 5 heteroatoms. The van der Waals surface area contributed by atoms with Crippen molar-refractivity contribution in [1.29, 1.82) is 0 Å². The van der Waals surface area contributed by atoms with Gasteiger partial charge in [-0.2, -0.15) is 0 Å². The summed E-state index contributed by atoms with van der Waals surface area (Å²) in [6, 6.07) is 0. The third-order valence-electron chi connectivity index (χ3n) is 2.27. The highest BCUT2D eigenvalue weighted by Crippen LogP contribution is 2.10. The van der Waals surface area contributed by atoms with Crippen molar-refractivity contribution in [1.82, 2.24) is 5.32 Å². The fourth-order valence-corrected chi connectivity index (χ4v) is 1.98. The van der Waals surface area contributed by atoms with E-state index in [0.717, 1.165) is 13.0 Å². The van der Waals surface area contributed by atoms with Crippen molar-refractivity contribution in [2.45, 2.75) is 45.8 Å². The maximum absolute atomic E-state index is 11.7. The van der Waals surface area contributed by atoms with Gasteiger partial charge in [-0.1, -0.05) is 13.8 Å². The minimum Gasteiger partial charge on any atom is -0.370 e. The molecule has 1 unspecified atom stereocenters. The van der Waals surface area contributed by atoms with Crippen LogP contribution in [0, 0.1) is 5.92 Å². The van der Waals surface area contributed by atoms with E-state index >= 15 is 0 Å². The highest BCUT2D eigenvalue weighted by atomic mass is 32.2. The van der Waals surface area contributed by atoms with E-state index in [1.54, 1.807) is 0 Å². The number of nitrogens with zero attached hydrogens (tertiary/aromatic N) is 1. The van der Waals surface area contributed by atoms with Gasteiger partial charge in [-0.15, -0.1) is 0 Å². The van der Waals surface area contributed by atoms with Crippen LogP contribution in [0.3, 0.4) is 0 Å². The third-order valence-corrected chi connectivity index (χ3v) is 4.21. The Balaban J connectivity index is 3.78. The molecule has 0 rings (SSSR count). The topological polar surface area (TPSA) is 67.5 Å². The lowest BCUT2D eigenvalue weighted by molar-refractivity contribution is 0.596. The van der Waals surface area contributed by atoms with Gasteiger partial charge < -0.3 is 11.1 Å². The Hall–Kier alpha value is -0.580. The summed E-state index contributed by atoms with van der Waals surface area (Å²) in [5, 5.41) is 2.99. The van der Waals surface area contributed by atoms with Crippen LogP contribution in [0.4, 0.5) is 0 Å². The van der Waals surface area contributed by atoms with Crippen LogP contribution in [0.2, 0.25) is 0 Å². The highest BCUT2D eigenvalue weighted by molar-refractivity contribution is 7.86. The zero-order valence-electron chi connectivity index (χ0n) is 11.7. The average Bonchev–Trinajstić information content (AvgIpc) is 2.15. The van der Waals surface area contributed by atoms with Crippen molar-refractivity contribution < 1.29 is 4.21 Å². The first kappa shape index (κ1) is 16.4. The molecular formula is C12H27N3OS. The minimum atomic E-state index is -0.840. The number of nitrogens with one attached hydrogen (secondary N) is 1. The predicted molar refractivity (Wildman–Crippen MR) is 76.7 cm³/mol. The Labute approximate surface area is 108 Å². The number of rotatable bonds is 6. The number of nitrogens with two attached hydrogens (primary N) is 1. The van der Waals surface area contributed by atoms with Crippen LogP contribution in [0.5, 0.6) is 0 Å². The summed E-state index contributed by atoms with van der Waals surface area (Å²) in [6.45, 7) is 11.6. The van der Waals surface area contributed by atoms with E-state index in [9.17, 15) is 4.21 Å². The maximum Gasteiger partial charge on any atom is 0.188 e. The molecule has 0 aromatic carbocycles. The monoisotopic (exact) mass is 261 g/mol. The van der Waals surface area contributed by atoms with Crippen molar-refractivity contribution in [3.8, 4) is 0 Å². The van der Waals surface area contributed by atoms with Gasteiger partial charge >= 0.3 is 0 Å². The van der Waals surface area contributed by atoms with E-state index in [-0.39, 0.29) is 4.75 Å². The summed E-state index contributed by atoms with van der Waals surface area (Å²) in [5.74, 6) is 1.70. The number of guanidine groups is 1. The van der Waals surface area contributed by atoms with Gasteiger partial charge in [0.05, 0.1) is 0 Å². The van der Waals surface area contributed by atoms with Crippen LogP contribution in [0.15, 0.2) is 4.99 Å². The summed E-state index contributed by atoms with van der Waals surface area (Å²) < 4.78 is 11.6. The molecule has 0 aliphatic heterocycles. The SMILES string of the molecule is CC(C)CCN=C(N)NCCS(=O)C(C)(C)C. The van der Waals surface area contributed by atoms with Gasteiger partial charge in [0.25, 0.3) is 0 Å². The molecule has 0 amide bonds. The molecule has 102 valence electrons. The third kappa shape index (κ3) is 9.15. The lowest BCUT2D eigenvalue weighted by Crippen LogP contribution is -2.37. The molecule has 0 spiro atoms. The van der Waals surface area contributed by atoms with Gasteiger partial charge in [0.1, 0.15) is 0 Å². The van der Waals surface area contributed by atoms with Gasteiger partial charge in [-0.25, -0.2) is 0 Å². The van der Waals surface area contributed by atoms with Crippen LogP contribution in [0.1, 0.15) is 41.0 Å². The lowest BCUT2D eigenvalue weighted by Gasteiger charge is -2.17. The second kappa shape index (κ2) is 7.69. The van der Waals surface area contributed by atoms with Gasteiger partial charge in [0.2, 0.25) is 0 Å². The van der Waals surface area contributed by atoms with E-state index in [0.29, 0.717) is 24.2 Å². The van der Waals surface area contributed by atoms with E-state index in [2.05, 4.69) is 24.2 Å². The zero-order valence-corrected chi connectivity index (χ0v) is 12.6. The number of hydrogen-bond donors (Lipinski definition) is 2. The molecule has 4 nitrogen and oxygen atoms in total. The minimum absolute atomic E-state index is 0.161. The van der Waals surface area contributed by atoms with Crippen molar-refractivity contribution in [3.63, 3.8) is 0 Å². The van der Waals surface area contributed by atoms with Gasteiger partial charge in [0, 0.05) is 34.4 Å². The molecule has 0 bridgehead atoms. The summed E-state index contributed by atoms with van der Waals surface area (Å²) >= 11 is 0. The lowest BCUT2D eigenvalue weighted by atomic mass is 10.1. The maximum atomic E-state index is 11.7. The Bertz CT molecular complexity index is 269. The fraction of sp³-hybridized carbons (Fsp3) is 0.917. The molecule has 1 atom stereocenters.